The zero-order valence-corrected chi connectivity index (χ0v) is 9.04. The largest absolute Gasteiger partial charge is 0.311 e. The van der Waals surface area contributed by atoms with Gasteiger partial charge < -0.3 is 5.32 Å². The standard InChI is InChI=1S/C13H17FN/c1-10-3-2-4-13(15-10)9-11-5-7-12(14)8-6-11/h2,5-8,10,13,15H,3-4,9H2,1H3. The molecule has 1 fully saturated rings. The van der Waals surface area contributed by atoms with E-state index >= 15 is 0 Å². The molecule has 1 heterocycles. The zero-order valence-electron chi connectivity index (χ0n) is 9.04. The lowest BCUT2D eigenvalue weighted by molar-refractivity contribution is 0.384. The van der Waals surface area contributed by atoms with Crippen LogP contribution in [0.5, 0.6) is 0 Å². The molecule has 2 heteroatoms. The van der Waals surface area contributed by atoms with Gasteiger partial charge in [0.2, 0.25) is 0 Å². The number of hydrogen-bond donors (Lipinski definition) is 1. The molecule has 1 nitrogen and oxygen atoms in total. The van der Waals surface area contributed by atoms with Crippen molar-refractivity contribution in [1.29, 1.82) is 0 Å². The van der Waals surface area contributed by atoms with Gasteiger partial charge >= 0.3 is 0 Å². The van der Waals surface area contributed by atoms with Crippen LogP contribution in [-0.4, -0.2) is 12.1 Å². The molecule has 2 unspecified atom stereocenters. The molecule has 81 valence electrons. The van der Waals surface area contributed by atoms with Crippen molar-refractivity contribution >= 4 is 0 Å². The van der Waals surface area contributed by atoms with Gasteiger partial charge in [-0.25, -0.2) is 4.39 Å². The summed E-state index contributed by atoms with van der Waals surface area (Å²) in [7, 11) is 0. The topological polar surface area (TPSA) is 12.0 Å². The van der Waals surface area contributed by atoms with E-state index in [9.17, 15) is 4.39 Å². The number of rotatable bonds is 2. The summed E-state index contributed by atoms with van der Waals surface area (Å²) in [4.78, 5) is 0. The Morgan fingerprint density at radius 1 is 1.27 bits per heavy atom. The summed E-state index contributed by atoms with van der Waals surface area (Å²) in [5.74, 6) is -0.157. The maximum Gasteiger partial charge on any atom is 0.123 e. The molecule has 0 spiro atoms. The SMILES string of the molecule is CC1C[CH]CC(Cc2ccc(F)cc2)N1. The van der Waals surface area contributed by atoms with Crippen molar-refractivity contribution in [2.45, 2.75) is 38.3 Å². The van der Waals surface area contributed by atoms with Crippen LogP contribution < -0.4 is 5.32 Å². The van der Waals surface area contributed by atoms with Gasteiger partial charge in [-0.1, -0.05) is 12.1 Å². The first kappa shape index (κ1) is 10.6. The van der Waals surface area contributed by atoms with Crippen LogP contribution >= 0.6 is 0 Å². The molecule has 1 aromatic rings. The molecule has 1 N–H and O–H groups in total. The van der Waals surface area contributed by atoms with Crippen molar-refractivity contribution in [2.24, 2.45) is 0 Å². The van der Waals surface area contributed by atoms with Crippen molar-refractivity contribution in [3.63, 3.8) is 0 Å². The Kier molecular flexibility index (Phi) is 3.37. The van der Waals surface area contributed by atoms with Crippen molar-refractivity contribution < 1.29 is 4.39 Å². The fourth-order valence-electron chi connectivity index (χ4n) is 2.13. The van der Waals surface area contributed by atoms with Gasteiger partial charge in [-0.15, -0.1) is 0 Å². The van der Waals surface area contributed by atoms with E-state index in [0.717, 1.165) is 19.3 Å². The van der Waals surface area contributed by atoms with E-state index < -0.39 is 0 Å². The second-order valence-corrected chi connectivity index (χ2v) is 4.36. The first-order valence-electron chi connectivity index (χ1n) is 5.56. The van der Waals surface area contributed by atoms with E-state index in [4.69, 9.17) is 0 Å². The lowest BCUT2D eigenvalue weighted by Crippen LogP contribution is -2.41. The Morgan fingerprint density at radius 3 is 2.67 bits per heavy atom. The highest BCUT2D eigenvalue weighted by atomic mass is 19.1. The second kappa shape index (κ2) is 4.75. The zero-order chi connectivity index (χ0) is 10.7. The summed E-state index contributed by atoms with van der Waals surface area (Å²) in [6.07, 6.45) is 5.60. The molecule has 1 aliphatic heterocycles. The van der Waals surface area contributed by atoms with Gasteiger partial charge in [-0.3, -0.25) is 0 Å². The minimum Gasteiger partial charge on any atom is -0.311 e. The third kappa shape index (κ3) is 3.03. The van der Waals surface area contributed by atoms with Crippen LogP contribution in [0.2, 0.25) is 0 Å². The van der Waals surface area contributed by atoms with Crippen LogP contribution in [0.1, 0.15) is 25.3 Å². The van der Waals surface area contributed by atoms with E-state index in [0.29, 0.717) is 12.1 Å². The Morgan fingerprint density at radius 2 is 2.00 bits per heavy atom. The van der Waals surface area contributed by atoms with Crippen LogP contribution in [-0.2, 0) is 6.42 Å². The average Bonchev–Trinajstić information content (AvgIpc) is 2.22. The third-order valence-corrected chi connectivity index (χ3v) is 2.89. The summed E-state index contributed by atoms with van der Waals surface area (Å²) >= 11 is 0. The molecule has 1 aromatic carbocycles. The molecule has 1 saturated heterocycles. The highest BCUT2D eigenvalue weighted by Crippen LogP contribution is 2.15. The maximum absolute atomic E-state index is 12.7. The van der Waals surface area contributed by atoms with Gasteiger partial charge in [0.25, 0.3) is 0 Å². The molecule has 0 amide bonds. The van der Waals surface area contributed by atoms with Crippen LogP contribution in [0.3, 0.4) is 0 Å². The average molecular weight is 206 g/mol. The molecule has 15 heavy (non-hydrogen) atoms. The highest BCUT2D eigenvalue weighted by molar-refractivity contribution is 5.17. The lowest BCUT2D eigenvalue weighted by Gasteiger charge is -2.28. The monoisotopic (exact) mass is 206 g/mol. The molecule has 1 radical (unpaired) electrons. The smallest absolute Gasteiger partial charge is 0.123 e. The van der Waals surface area contributed by atoms with Gasteiger partial charge in [-0.2, -0.15) is 0 Å². The maximum atomic E-state index is 12.7. The molecular weight excluding hydrogens is 189 g/mol. The Balaban J connectivity index is 1.93. The molecule has 2 atom stereocenters. The predicted octanol–water partition coefficient (Wildman–Crippen LogP) is 2.71. The van der Waals surface area contributed by atoms with Gasteiger partial charge in [0.15, 0.2) is 0 Å². The van der Waals surface area contributed by atoms with Gasteiger partial charge in [-0.05, 0) is 50.3 Å². The van der Waals surface area contributed by atoms with E-state index in [2.05, 4.69) is 18.7 Å². The summed E-state index contributed by atoms with van der Waals surface area (Å²) in [6, 6.07) is 7.90. The van der Waals surface area contributed by atoms with Crippen molar-refractivity contribution in [3.8, 4) is 0 Å². The van der Waals surface area contributed by atoms with E-state index in [1.807, 2.05) is 12.1 Å². The number of nitrogens with one attached hydrogen (secondary N) is 1. The van der Waals surface area contributed by atoms with Crippen molar-refractivity contribution in [2.75, 3.05) is 0 Å². The quantitative estimate of drug-likeness (QED) is 0.784. The molecule has 2 rings (SSSR count). The fraction of sp³-hybridized carbons (Fsp3) is 0.462. The van der Waals surface area contributed by atoms with Crippen molar-refractivity contribution in [1.82, 2.24) is 5.32 Å². The van der Waals surface area contributed by atoms with Gasteiger partial charge in [0.05, 0.1) is 0 Å². The number of hydrogen-bond acceptors (Lipinski definition) is 1. The van der Waals surface area contributed by atoms with Crippen molar-refractivity contribution in [3.05, 3.63) is 42.1 Å². The number of piperidine rings is 1. The van der Waals surface area contributed by atoms with Crippen LogP contribution in [0.25, 0.3) is 0 Å². The van der Waals surface area contributed by atoms with Crippen LogP contribution in [0.15, 0.2) is 24.3 Å². The van der Waals surface area contributed by atoms with E-state index in [1.165, 1.54) is 17.7 Å². The van der Waals surface area contributed by atoms with Crippen LogP contribution in [0.4, 0.5) is 4.39 Å². The number of halogens is 1. The molecule has 0 saturated carbocycles. The third-order valence-electron chi connectivity index (χ3n) is 2.89. The first-order chi connectivity index (χ1) is 7.24. The predicted molar refractivity (Wildman–Crippen MR) is 60.0 cm³/mol. The summed E-state index contributed by atoms with van der Waals surface area (Å²) in [6.45, 7) is 2.20. The number of benzene rings is 1. The highest BCUT2D eigenvalue weighted by Gasteiger charge is 2.17. The normalized spacial score (nSPS) is 26.5. The lowest BCUT2D eigenvalue weighted by atomic mass is 9.94. The van der Waals surface area contributed by atoms with E-state index in [1.54, 1.807) is 0 Å². The summed E-state index contributed by atoms with van der Waals surface area (Å²) in [5.41, 5.74) is 1.21. The Hall–Kier alpha value is -0.890. The molecule has 1 aliphatic rings. The van der Waals surface area contributed by atoms with E-state index in [-0.39, 0.29) is 5.82 Å². The fourth-order valence-corrected chi connectivity index (χ4v) is 2.13. The molecule has 0 bridgehead atoms. The second-order valence-electron chi connectivity index (χ2n) is 4.36. The Bertz CT molecular complexity index is 307. The minimum atomic E-state index is -0.157. The Labute approximate surface area is 90.7 Å². The van der Waals surface area contributed by atoms with Gasteiger partial charge in [0.1, 0.15) is 5.82 Å². The first-order valence-corrected chi connectivity index (χ1v) is 5.56. The summed E-state index contributed by atoms with van der Waals surface area (Å²) in [5, 5.41) is 3.55. The van der Waals surface area contributed by atoms with Gasteiger partial charge in [0, 0.05) is 12.1 Å². The van der Waals surface area contributed by atoms with Crippen LogP contribution in [0, 0.1) is 12.2 Å². The minimum absolute atomic E-state index is 0.157. The molecule has 0 aromatic heterocycles. The molecular formula is C13H17FN. The summed E-state index contributed by atoms with van der Waals surface area (Å²) < 4.78 is 12.7. The molecule has 0 aliphatic carbocycles.